The van der Waals surface area contributed by atoms with Gasteiger partial charge in [0.1, 0.15) is 11.6 Å². The lowest BCUT2D eigenvalue weighted by Crippen LogP contribution is -2.45. The molecule has 0 bridgehead atoms. The first-order chi connectivity index (χ1) is 16.2. The minimum Gasteiger partial charge on any atom is -0.478 e. The first kappa shape index (κ1) is 27.9. The number of para-hydroxylation sites is 1. The number of nitrogens with one attached hydrogen (secondary N) is 2. The van der Waals surface area contributed by atoms with Crippen LogP contribution in [0.1, 0.15) is 36.7 Å². The number of anilines is 2. The van der Waals surface area contributed by atoms with Gasteiger partial charge in [0.15, 0.2) is 0 Å². The molecule has 1 atom stereocenters. The van der Waals surface area contributed by atoms with Gasteiger partial charge in [0.25, 0.3) is 0 Å². The van der Waals surface area contributed by atoms with Crippen molar-refractivity contribution >= 4 is 37.5 Å². The van der Waals surface area contributed by atoms with E-state index in [4.69, 9.17) is 9.47 Å². The van der Waals surface area contributed by atoms with E-state index in [1.807, 2.05) is 12.1 Å². The highest BCUT2D eigenvalue weighted by Crippen LogP contribution is 2.22. The van der Waals surface area contributed by atoms with Crippen LogP contribution in [0.2, 0.25) is 25.7 Å². The Morgan fingerprint density at radius 3 is 2.20 bits per heavy atom. The Kier molecular flexibility index (Phi) is 9.47. The summed E-state index contributed by atoms with van der Waals surface area (Å²) in [5.74, 6) is -1.53. The lowest BCUT2D eigenvalue weighted by atomic mass is 10.1. The minimum atomic E-state index is -1.38. The van der Waals surface area contributed by atoms with E-state index in [0.29, 0.717) is 18.0 Å². The van der Waals surface area contributed by atoms with Crippen molar-refractivity contribution in [2.45, 2.75) is 64.5 Å². The number of carboxylic acid groups (broad SMARTS) is 1. The molecule has 0 aliphatic carbocycles. The highest BCUT2D eigenvalue weighted by molar-refractivity contribution is 6.76. The smallest absolute Gasteiger partial charge is 0.408 e. The number of carbonyl (C=O) groups is 3. The molecule has 1 amide bonds. The van der Waals surface area contributed by atoms with Crippen molar-refractivity contribution in [3.8, 4) is 0 Å². The van der Waals surface area contributed by atoms with Gasteiger partial charge in [-0.05, 0) is 56.6 Å². The van der Waals surface area contributed by atoms with E-state index in [9.17, 15) is 19.5 Å². The Balaban J connectivity index is 2.12. The lowest BCUT2D eigenvalue weighted by molar-refractivity contribution is -0.145. The van der Waals surface area contributed by atoms with Gasteiger partial charge in [-0.15, -0.1) is 0 Å². The molecule has 0 saturated carbocycles. The van der Waals surface area contributed by atoms with Crippen molar-refractivity contribution < 1.29 is 29.0 Å². The molecule has 0 aromatic heterocycles. The van der Waals surface area contributed by atoms with Gasteiger partial charge in [-0.25, -0.2) is 14.4 Å². The maximum absolute atomic E-state index is 12.8. The van der Waals surface area contributed by atoms with E-state index in [1.165, 1.54) is 6.07 Å². The van der Waals surface area contributed by atoms with Crippen molar-refractivity contribution in [1.29, 1.82) is 0 Å². The van der Waals surface area contributed by atoms with Crippen LogP contribution in [0.4, 0.5) is 16.2 Å². The van der Waals surface area contributed by atoms with Gasteiger partial charge >= 0.3 is 18.0 Å². The van der Waals surface area contributed by atoms with Gasteiger partial charge in [-0.3, -0.25) is 0 Å². The molecule has 8 nitrogen and oxygen atoms in total. The predicted molar refractivity (Wildman–Crippen MR) is 139 cm³/mol. The molecule has 0 aliphatic heterocycles. The largest absolute Gasteiger partial charge is 0.478 e. The Morgan fingerprint density at radius 1 is 1.00 bits per heavy atom. The summed E-state index contributed by atoms with van der Waals surface area (Å²) in [6.45, 7) is 12.2. The quantitative estimate of drug-likeness (QED) is 0.294. The summed E-state index contributed by atoms with van der Waals surface area (Å²) in [5, 5.41) is 15.1. The molecule has 0 saturated heterocycles. The summed E-state index contributed by atoms with van der Waals surface area (Å²) < 4.78 is 10.8. The zero-order valence-corrected chi connectivity index (χ0v) is 22.3. The van der Waals surface area contributed by atoms with Gasteiger partial charge in [0.2, 0.25) is 0 Å². The van der Waals surface area contributed by atoms with Gasteiger partial charge < -0.3 is 25.2 Å². The van der Waals surface area contributed by atoms with Crippen molar-refractivity contribution in [3.63, 3.8) is 0 Å². The minimum absolute atomic E-state index is 0.166. The number of alkyl carbamates (subject to hydrolysis) is 1. The van der Waals surface area contributed by atoms with Crippen molar-refractivity contribution in [3.05, 3.63) is 59.7 Å². The molecule has 9 heteroatoms. The highest BCUT2D eigenvalue weighted by Gasteiger charge is 2.26. The third kappa shape index (κ3) is 10.2. The molecular formula is C26H36N2O6Si. The molecule has 0 unspecified atom stereocenters. The number of ether oxygens (including phenoxy) is 2. The van der Waals surface area contributed by atoms with E-state index in [2.05, 4.69) is 30.3 Å². The van der Waals surface area contributed by atoms with Crippen LogP contribution >= 0.6 is 0 Å². The molecule has 0 heterocycles. The van der Waals surface area contributed by atoms with E-state index in [0.717, 1.165) is 11.6 Å². The fourth-order valence-electron chi connectivity index (χ4n) is 3.10. The third-order valence-corrected chi connectivity index (χ3v) is 6.61. The number of hydrogen-bond acceptors (Lipinski definition) is 6. The molecule has 0 aliphatic rings. The third-order valence-electron chi connectivity index (χ3n) is 4.90. The van der Waals surface area contributed by atoms with Crippen molar-refractivity contribution in [2.75, 3.05) is 11.9 Å². The zero-order chi connectivity index (χ0) is 26.2. The summed E-state index contributed by atoms with van der Waals surface area (Å²) in [7, 11) is -1.38. The Hall–Kier alpha value is -3.33. The number of carboxylic acids is 1. The fourth-order valence-corrected chi connectivity index (χ4v) is 3.81. The van der Waals surface area contributed by atoms with Crippen LogP contribution in [-0.2, 0) is 20.7 Å². The van der Waals surface area contributed by atoms with Crippen LogP contribution in [-0.4, -0.2) is 49.5 Å². The summed E-state index contributed by atoms with van der Waals surface area (Å²) >= 11 is 0. The van der Waals surface area contributed by atoms with E-state index in [1.54, 1.807) is 51.1 Å². The number of hydrogen-bond donors (Lipinski definition) is 3. The summed E-state index contributed by atoms with van der Waals surface area (Å²) in [4.78, 5) is 36.6. The van der Waals surface area contributed by atoms with Crippen LogP contribution in [0.5, 0.6) is 0 Å². The van der Waals surface area contributed by atoms with E-state index in [-0.39, 0.29) is 12.0 Å². The van der Waals surface area contributed by atoms with Crippen LogP contribution in [0.25, 0.3) is 0 Å². The number of rotatable bonds is 10. The summed E-state index contributed by atoms with van der Waals surface area (Å²) in [6, 6.07) is 13.8. The molecule has 2 aromatic rings. The van der Waals surface area contributed by atoms with Gasteiger partial charge in [-0.2, -0.15) is 0 Å². The highest BCUT2D eigenvalue weighted by atomic mass is 28.3. The number of carbonyl (C=O) groups excluding carboxylic acids is 2. The molecule has 0 radical (unpaired) electrons. The van der Waals surface area contributed by atoms with E-state index >= 15 is 0 Å². The zero-order valence-electron chi connectivity index (χ0n) is 21.3. The Bertz CT molecular complexity index is 1030. The van der Waals surface area contributed by atoms with Crippen molar-refractivity contribution in [1.82, 2.24) is 5.32 Å². The maximum Gasteiger partial charge on any atom is 0.408 e. The van der Waals surface area contributed by atoms with Crippen LogP contribution in [0, 0.1) is 0 Å². The maximum atomic E-state index is 12.8. The first-order valence-electron chi connectivity index (χ1n) is 11.6. The monoisotopic (exact) mass is 500 g/mol. The molecule has 190 valence electrons. The number of esters is 1. The molecule has 35 heavy (non-hydrogen) atoms. The SMILES string of the molecule is CC(C)(C)OC(=O)N[C@@H](Cc1ccc(Nc2ccccc2C(=O)O)cc1)C(=O)OCC[Si](C)(C)C. The summed E-state index contributed by atoms with van der Waals surface area (Å²) in [6.07, 6.45) is -0.468. The Labute approximate surface area is 208 Å². The van der Waals surface area contributed by atoms with Crippen LogP contribution in [0.3, 0.4) is 0 Å². The molecule has 0 spiro atoms. The predicted octanol–water partition coefficient (Wildman–Crippen LogP) is 5.45. The van der Waals surface area contributed by atoms with Crippen LogP contribution < -0.4 is 10.6 Å². The normalized spacial score (nSPS) is 12.4. The second-order valence-electron chi connectivity index (χ2n) is 10.6. The lowest BCUT2D eigenvalue weighted by Gasteiger charge is -2.23. The second kappa shape index (κ2) is 11.9. The molecular weight excluding hydrogens is 464 g/mol. The average Bonchev–Trinajstić information content (AvgIpc) is 2.72. The fraction of sp³-hybridized carbons (Fsp3) is 0.423. The van der Waals surface area contributed by atoms with Gasteiger partial charge in [0.05, 0.1) is 17.9 Å². The van der Waals surface area contributed by atoms with E-state index < -0.39 is 37.7 Å². The Morgan fingerprint density at radius 2 is 1.63 bits per heavy atom. The van der Waals surface area contributed by atoms with Gasteiger partial charge in [-0.1, -0.05) is 43.9 Å². The second-order valence-corrected chi connectivity index (χ2v) is 16.2. The first-order valence-corrected chi connectivity index (χ1v) is 15.3. The summed E-state index contributed by atoms with van der Waals surface area (Å²) in [5.41, 5.74) is 1.43. The molecule has 2 rings (SSSR count). The van der Waals surface area contributed by atoms with Crippen molar-refractivity contribution in [2.24, 2.45) is 0 Å². The molecule has 3 N–H and O–H groups in total. The topological polar surface area (TPSA) is 114 Å². The van der Waals surface area contributed by atoms with Gasteiger partial charge in [0, 0.05) is 20.2 Å². The average molecular weight is 501 g/mol. The number of benzene rings is 2. The van der Waals surface area contributed by atoms with Crippen LogP contribution in [0.15, 0.2) is 48.5 Å². The number of amides is 1. The molecule has 2 aromatic carbocycles. The molecule has 0 fully saturated rings. The standard InChI is InChI=1S/C26H36N2O6Si/c1-26(2,3)34-25(32)28-22(24(31)33-15-16-35(4,5)6)17-18-11-13-19(14-12-18)27-21-10-8-7-9-20(21)23(29)30/h7-14,22,27H,15-17H2,1-6H3,(H,28,32)(H,29,30)/t22-/m0/s1. The number of aromatic carboxylic acids is 1.